The maximum atomic E-state index is 8.84. The van der Waals surface area contributed by atoms with Crippen molar-refractivity contribution < 1.29 is 143 Å². The Bertz CT molecular complexity index is 779. The van der Waals surface area contributed by atoms with E-state index < -0.39 is 123 Å². The molecule has 0 heterocycles. The van der Waals surface area contributed by atoms with Gasteiger partial charge in [0, 0.05) is 40.3 Å². The highest BCUT2D eigenvalue weighted by molar-refractivity contribution is 4.79. The van der Waals surface area contributed by atoms with Gasteiger partial charge in [0.1, 0.15) is 0 Å². The van der Waals surface area contributed by atoms with E-state index in [-0.39, 0.29) is 261 Å². The monoisotopic (exact) mass is 1430 g/mol. The molecule has 0 bridgehead atoms. The molecule has 0 saturated carbocycles. The summed E-state index contributed by atoms with van der Waals surface area (Å²) in [6.07, 6.45) is 3.16. The fourth-order valence-corrected chi connectivity index (χ4v) is 3.83. The van der Waals surface area contributed by atoms with Gasteiger partial charge >= 0.3 is 0 Å². The molecule has 0 aromatic rings. The third kappa shape index (κ3) is 78.2. The molecule has 0 aliphatic rings. The first-order valence-corrected chi connectivity index (χ1v) is 24.0. The summed E-state index contributed by atoms with van der Waals surface area (Å²) >= 11 is 0. The highest BCUT2D eigenvalue weighted by Gasteiger charge is 2.30. The van der Waals surface area contributed by atoms with Crippen LogP contribution in [0.5, 0.6) is 0 Å². The van der Waals surface area contributed by atoms with E-state index >= 15 is 0 Å². The molecule has 28 N–H and O–H groups in total. The van der Waals surface area contributed by atoms with Crippen LogP contribution in [-0.2, 0) is 0 Å². The molecule has 0 spiro atoms. The summed E-state index contributed by atoms with van der Waals surface area (Å²) in [6, 6.07) is 0. The summed E-state index contributed by atoms with van der Waals surface area (Å²) in [7, 11) is 0. The van der Waals surface area contributed by atoms with Crippen LogP contribution in [0, 0.1) is 43.3 Å². The normalized spacial score (nSPS) is 9.45. The van der Waals surface area contributed by atoms with Gasteiger partial charge in [-0.1, -0.05) is 176 Å². The van der Waals surface area contributed by atoms with E-state index in [9.17, 15) is 0 Å². The molecule has 0 rings (SSSR count). The molecule has 0 fully saturated rings. The molecule has 0 aliphatic heterocycles. The molecule has 0 radical (unpaired) electrons. The molecule has 0 aromatic carbocycles. The lowest BCUT2D eigenvalue weighted by molar-refractivity contribution is -0.0332. The van der Waals surface area contributed by atoms with Crippen LogP contribution in [0.4, 0.5) is 0 Å². The van der Waals surface area contributed by atoms with Crippen molar-refractivity contribution >= 4 is 0 Å². The van der Waals surface area contributed by atoms with Crippen LogP contribution in [0.15, 0.2) is 0 Å². The van der Waals surface area contributed by atoms with Crippen molar-refractivity contribution in [2.45, 2.75) is 215 Å². The minimum Gasteiger partial charge on any atom is -0.396 e. The van der Waals surface area contributed by atoms with Gasteiger partial charge in [0.15, 0.2) is 0 Å². The topological polar surface area (TPSA) is 566 Å². The Morgan fingerprint density at radius 3 is 0.234 bits per heavy atom. The van der Waals surface area contributed by atoms with E-state index in [1.165, 1.54) is 0 Å². The molecule has 0 unspecified atom stereocenters. The molecular formula is C66H188O28. The maximum Gasteiger partial charge on any atom is 0.0627 e. The Hall–Kier alpha value is -1.12. The standard InChI is InChI=1S/C7H16O3.C6H14O4.3C6H14O3.3C5H12O4.20CH4/c1-2-7(5-9,6-10)3-4-8;7-2-1-6(3-8,4-9)5-10;3*1-2-6(3-7,4-8)5-9;3*6-1-5(2-7,3-8)4-9;;;;;;;;;;;;;;;;;;;;/h8-10H,2-6H2,1H3;7-10H,1-5H2;3*7-9H,2-5H2,1H3;3*6-9H,1-4H2;20*1H4. The van der Waals surface area contributed by atoms with Crippen molar-refractivity contribution in [2.24, 2.45) is 43.3 Å². The lowest BCUT2D eigenvalue weighted by atomic mass is 9.84. The van der Waals surface area contributed by atoms with Crippen LogP contribution >= 0.6 is 0 Å². The zero-order valence-corrected chi connectivity index (χ0v) is 44.6. The quantitative estimate of drug-likeness (QED) is 0.0440. The highest BCUT2D eigenvalue weighted by atomic mass is 16.3. The lowest BCUT2D eigenvalue weighted by Gasteiger charge is -2.26. The molecule has 0 amide bonds. The summed E-state index contributed by atoms with van der Waals surface area (Å²) in [6.45, 7) is -0.0635. The Morgan fingerprint density at radius 1 is 0.128 bits per heavy atom. The lowest BCUT2D eigenvalue weighted by Crippen LogP contribution is -2.37. The van der Waals surface area contributed by atoms with Crippen LogP contribution in [0.25, 0.3) is 0 Å². The Kier molecular flexibility index (Phi) is 230. The second-order valence-corrected chi connectivity index (χ2v) is 18.5. The Morgan fingerprint density at radius 2 is 0.213 bits per heavy atom. The van der Waals surface area contributed by atoms with Crippen LogP contribution in [0.3, 0.4) is 0 Å². The zero-order valence-electron chi connectivity index (χ0n) is 44.6. The Labute approximate surface area is 584 Å². The average molecular weight is 1430 g/mol. The summed E-state index contributed by atoms with van der Waals surface area (Å²) in [5.41, 5.74) is -6.70. The van der Waals surface area contributed by atoms with Crippen molar-refractivity contribution in [3.63, 3.8) is 0 Å². The van der Waals surface area contributed by atoms with Crippen molar-refractivity contribution in [3.8, 4) is 0 Å². The molecular weight excluding hydrogens is 1240 g/mol. The van der Waals surface area contributed by atoms with Gasteiger partial charge in [0.2, 0.25) is 0 Å². The number of aliphatic hydroxyl groups is 28. The number of rotatable bonds is 34. The summed E-state index contributed by atoms with van der Waals surface area (Å²) < 4.78 is 0. The van der Waals surface area contributed by atoms with E-state index in [1.54, 1.807) is 0 Å². The van der Waals surface area contributed by atoms with Crippen LogP contribution in [-0.4, -0.2) is 328 Å². The molecule has 28 heteroatoms. The van der Waals surface area contributed by atoms with E-state index in [2.05, 4.69) is 0 Å². The predicted molar refractivity (Wildman–Crippen MR) is 403 cm³/mol. The van der Waals surface area contributed by atoms with E-state index in [1.807, 2.05) is 27.7 Å². The first kappa shape index (κ1) is 186. The fraction of sp³-hybridized carbons (Fsp3) is 1.00. The van der Waals surface area contributed by atoms with Gasteiger partial charge in [-0.3, -0.25) is 0 Å². The molecule has 0 atom stereocenters. The summed E-state index contributed by atoms with van der Waals surface area (Å²) in [5, 5.41) is 241. The largest absolute Gasteiger partial charge is 0.396 e. The predicted octanol–water partition coefficient (Wildman–Crippen LogP) is 2.71. The van der Waals surface area contributed by atoms with Crippen LogP contribution in [0.2, 0.25) is 0 Å². The number of hydrogen-bond donors (Lipinski definition) is 28. The first-order valence-electron chi connectivity index (χ1n) is 24.0. The fourth-order valence-electron chi connectivity index (χ4n) is 3.83. The van der Waals surface area contributed by atoms with Crippen molar-refractivity contribution in [1.82, 2.24) is 0 Å². The molecule has 0 saturated heterocycles. The smallest absolute Gasteiger partial charge is 0.0627 e. The molecule has 0 aromatic heterocycles. The van der Waals surface area contributed by atoms with Gasteiger partial charge in [-0.25, -0.2) is 0 Å². The average Bonchev–Trinajstić information content (AvgIpc) is 3.48. The van der Waals surface area contributed by atoms with Gasteiger partial charge < -0.3 is 143 Å². The number of hydrogen-bond acceptors (Lipinski definition) is 28. The van der Waals surface area contributed by atoms with Crippen molar-refractivity contribution in [1.29, 1.82) is 0 Å². The zero-order chi connectivity index (χ0) is 60.0. The van der Waals surface area contributed by atoms with E-state index in [0.29, 0.717) is 32.1 Å². The SMILES string of the molecule is C.C.C.C.C.C.C.C.C.C.C.C.C.C.C.C.C.C.C.C.CCC(CO)(CO)CCO.CCC(CO)(CO)CO.CCC(CO)(CO)CO.CCC(CO)(CO)CO.OCC(CO)(CO)CO.OCC(CO)(CO)CO.OCC(CO)(CO)CO.OCCC(CO)(CO)CO. The van der Waals surface area contributed by atoms with Gasteiger partial charge in [-0.05, 0) is 38.5 Å². The molecule has 620 valence electrons. The second kappa shape index (κ2) is 116. The Balaban J connectivity index is -0.0000000198. The van der Waals surface area contributed by atoms with Crippen molar-refractivity contribution in [3.05, 3.63) is 0 Å². The third-order valence-electron chi connectivity index (χ3n) is 13.0. The first-order chi connectivity index (χ1) is 34.9. The van der Waals surface area contributed by atoms with Crippen LogP contribution in [0.1, 0.15) is 215 Å². The maximum absolute atomic E-state index is 8.84. The van der Waals surface area contributed by atoms with Crippen molar-refractivity contribution in [2.75, 3.05) is 185 Å². The number of aliphatic hydroxyl groups excluding tert-OH is 28. The minimum atomic E-state index is -1.11. The second-order valence-electron chi connectivity index (χ2n) is 18.5. The van der Waals surface area contributed by atoms with Gasteiger partial charge in [0.05, 0.1) is 188 Å². The van der Waals surface area contributed by atoms with Crippen LogP contribution < -0.4 is 0 Å². The van der Waals surface area contributed by atoms with E-state index in [0.717, 1.165) is 0 Å². The third-order valence-corrected chi connectivity index (χ3v) is 13.0. The molecule has 94 heavy (non-hydrogen) atoms. The highest BCUT2D eigenvalue weighted by Crippen LogP contribution is 2.24. The summed E-state index contributed by atoms with van der Waals surface area (Å²) in [4.78, 5) is 0. The van der Waals surface area contributed by atoms with Gasteiger partial charge in [0.25, 0.3) is 0 Å². The van der Waals surface area contributed by atoms with E-state index in [4.69, 9.17) is 143 Å². The minimum absolute atomic E-state index is 0. The molecule has 0 aliphatic carbocycles. The summed E-state index contributed by atoms with van der Waals surface area (Å²) in [5.74, 6) is 0. The van der Waals surface area contributed by atoms with Gasteiger partial charge in [-0.2, -0.15) is 0 Å². The van der Waals surface area contributed by atoms with Gasteiger partial charge in [-0.15, -0.1) is 0 Å². The molecule has 28 nitrogen and oxygen atoms in total.